The number of aliphatic hydroxyl groups excluding tert-OH is 1. The molecule has 0 bridgehead atoms. The Labute approximate surface area is 97.9 Å². The molecule has 0 aromatic heterocycles. The van der Waals surface area contributed by atoms with Crippen molar-refractivity contribution in [3.8, 4) is 0 Å². The second kappa shape index (κ2) is 7.44. The molecule has 0 fully saturated rings. The van der Waals surface area contributed by atoms with E-state index in [1.54, 1.807) is 0 Å². The summed E-state index contributed by atoms with van der Waals surface area (Å²) < 4.78 is 0. The van der Waals surface area contributed by atoms with Crippen molar-refractivity contribution in [3.63, 3.8) is 0 Å². The maximum absolute atomic E-state index is 11.5. The number of carbonyl (C=O) groups excluding carboxylic acids is 1. The van der Waals surface area contributed by atoms with Gasteiger partial charge in [-0.25, -0.2) is 0 Å². The van der Waals surface area contributed by atoms with Crippen LogP contribution in [-0.4, -0.2) is 24.2 Å². The van der Waals surface area contributed by atoms with Gasteiger partial charge in [-0.05, 0) is 37.5 Å². The number of aliphatic hydroxyl groups is 1. The Morgan fingerprint density at radius 1 is 1.62 bits per heavy atom. The van der Waals surface area contributed by atoms with Gasteiger partial charge in [0.05, 0.1) is 0 Å². The Hall–Kier alpha value is -0.830. The van der Waals surface area contributed by atoms with E-state index in [1.165, 1.54) is 0 Å². The predicted octanol–water partition coefficient (Wildman–Crippen LogP) is 1.87. The zero-order chi connectivity index (χ0) is 11.8. The van der Waals surface area contributed by atoms with E-state index in [0.29, 0.717) is 18.3 Å². The molecule has 2 N–H and O–H groups in total. The van der Waals surface area contributed by atoms with Crippen LogP contribution in [0.5, 0.6) is 0 Å². The molecule has 0 aromatic carbocycles. The SMILES string of the molecule is CC(CO)CCCNC(=O)CC1C=CCC1. The molecule has 1 aliphatic carbocycles. The smallest absolute Gasteiger partial charge is 0.220 e. The molecular weight excluding hydrogens is 202 g/mol. The normalized spacial score (nSPS) is 21.0. The molecule has 2 atom stereocenters. The van der Waals surface area contributed by atoms with Gasteiger partial charge < -0.3 is 10.4 Å². The molecular formula is C13H23NO2. The molecule has 0 spiro atoms. The standard InChI is InChI=1S/C13H23NO2/c1-11(10-15)5-4-8-14-13(16)9-12-6-2-3-7-12/h2,6,11-12,15H,3-5,7-10H2,1H3,(H,14,16). The maximum Gasteiger partial charge on any atom is 0.220 e. The minimum atomic E-state index is 0.160. The van der Waals surface area contributed by atoms with E-state index in [1.807, 2.05) is 6.92 Å². The van der Waals surface area contributed by atoms with Gasteiger partial charge in [-0.3, -0.25) is 4.79 Å². The van der Waals surface area contributed by atoms with Gasteiger partial charge in [0, 0.05) is 19.6 Å². The highest BCUT2D eigenvalue weighted by molar-refractivity contribution is 5.76. The Morgan fingerprint density at radius 2 is 2.44 bits per heavy atom. The van der Waals surface area contributed by atoms with Crippen molar-refractivity contribution in [2.24, 2.45) is 11.8 Å². The highest BCUT2D eigenvalue weighted by Gasteiger charge is 2.13. The van der Waals surface area contributed by atoms with Gasteiger partial charge in [-0.2, -0.15) is 0 Å². The lowest BCUT2D eigenvalue weighted by atomic mass is 10.0. The molecule has 1 rings (SSSR count). The van der Waals surface area contributed by atoms with Crippen LogP contribution in [0.1, 0.15) is 39.0 Å². The molecule has 0 aliphatic heterocycles. The average Bonchev–Trinajstić information content (AvgIpc) is 2.76. The molecule has 3 nitrogen and oxygen atoms in total. The molecule has 2 unspecified atom stereocenters. The van der Waals surface area contributed by atoms with Crippen molar-refractivity contribution in [1.29, 1.82) is 0 Å². The number of rotatable bonds is 7. The Morgan fingerprint density at radius 3 is 3.06 bits per heavy atom. The molecule has 1 amide bonds. The fourth-order valence-electron chi connectivity index (χ4n) is 1.95. The molecule has 3 heteroatoms. The lowest BCUT2D eigenvalue weighted by molar-refractivity contribution is -0.121. The number of amides is 1. The molecule has 0 saturated heterocycles. The van der Waals surface area contributed by atoms with Crippen molar-refractivity contribution in [2.45, 2.75) is 39.0 Å². The van der Waals surface area contributed by atoms with Gasteiger partial charge in [0.2, 0.25) is 5.91 Å². The lowest BCUT2D eigenvalue weighted by Crippen LogP contribution is -2.26. The lowest BCUT2D eigenvalue weighted by Gasteiger charge is -2.10. The van der Waals surface area contributed by atoms with E-state index in [2.05, 4.69) is 17.5 Å². The second-order valence-corrected chi connectivity index (χ2v) is 4.75. The van der Waals surface area contributed by atoms with Gasteiger partial charge in [0.1, 0.15) is 0 Å². The monoisotopic (exact) mass is 225 g/mol. The largest absolute Gasteiger partial charge is 0.396 e. The molecule has 16 heavy (non-hydrogen) atoms. The molecule has 92 valence electrons. The first kappa shape index (κ1) is 13.2. The van der Waals surface area contributed by atoms with Gasteiger partial charge in [-0.15, -0.1) is 0 Å². The second-order valence-electron chi connectivity index (χ2n) is 4.75. The summed E-state index contributed by atoms with van der Waals surface area (Å²) in [5.74, 6) is 0.958. The Bertz CT molecular complexity index is 238. The van der Waals surface area contributed by atoms with Crippen LogP contribution in [0.25, 0.3) is 0 Å². The van der Waals surface area contributed by atoms with E-state index in [-0.39, 0.29) is 12.5 Å². The number of carbonyl (C=O) groups is 1. The van der Waals surface area contributed by atoms with Gasteiger partial charge >= 0.3 is 0 Å². The van der Waals surface area contributed by atoms with Crippen LogP contribution in [0.2, 0.25) is 0 Å². The van der Waals surface area contributed by atoms with Gasteiger partial charge in [0.25, 0.3) is 0 Å². The van der Waals surface area contributed by atoms with Crippen LogP contribution in [0.15, 0.2) is 12.2 Å². The first-order valence-corrected chi connectivity index (χ1v) is 6.26. The third-order valence-corrected chi connectivity index (χ3v) is 3.07. The summed E-state index contributed by atoms with van der Waals surface area (Å²) >= 11 is 0. The van der Waals surface area contributed by atoms with Crippen molar-refractivity contribution in [3.05, 3.63) is 12.2 Å². The van der Waals surface area contributed by atoms with Crippen LogP contribution >= 0.6 is 0 Å². The fourth-order valence-corrected chi connectivity index (χ4v) is 1.95. The molecule has 0 heterocycles. The zero-order valence-electron chi connectivity index (χ0n) is 10.1. The number of hydrogen-bond acceptors (Lipinski definition) is 2. The van der Waals surface area contributed by atoms with Crippen molar-refractivity contribution in [1.82, 2.24) is 5.32 Å². The van der Waals surface area contributed by atoms with E-state index in [0.717, 1.165) is 32.2 Å². The first-order chi connectivity index (χ1) is 7.72. The average molecular weight is 225 g/mol. The minimum absolute atomic E-state index is 0.160. The van der Waals surface area contributed by atoms with Gasteiger partial charge in [0.15, 0.2) is 0 Å². The van der Waals surface area contributed by atoms with Gasteiger partial charge in [-0.1, -0.05) is 19.1 Å². The quantitative estimate of drug-likeness (QED) is 0.513. The molecule has 1 aliphatic rings. The summed E-state index contributed by atoms with van der Waals surface area (Å²) in [6.07, 6.45) is 9.09. The first-order valence-electron chi connectivity index (χ1n) is 6.26. The zero-order valence-corrected chi connectivity index (χ0v) is 10.1. The highest BCUT2D eigenvalue weighted by Crippen LogP contribution is 2.19. The van der Waals surface area contributed by atoms with Crippen molar-refractivity contribution >= 4 is 5.91 Å². The Balaban J connectivity index is 1.99. The van der Waals surface area contributed by atoms with E-state index in [4.69, 9.17) is 5.11 Å². The highest BCUT2D eigenvalue weighted by atomic mass is 16.3. The van der Waals surface area contributed by atoms with E-state index < -0.39 is 0 Å². The summed E-state index contributed by atoms with van der Waals surface area (Å²) in [5, 5.41) is 11.8. The topological polar surface area (TPSA) is 49.3 Å². The summed E-state index contributed by atoms with van der Waals surface area (Å²) in [6, 6.07) is 0. The summed E-state index contributed by atoms with van der Waals surface area (Å²) in [6.45, 7) is 2.99. The molecule has 0 radical (unpaired) electrons. The van der Waals surface area contributed by atoms with Crippen LogP contribution in [0.3, 0.4) is 0 Å². The molecule has 0 saturated carbocycles. The molecule has 0 aromatic rings. The summed E-state index contributed by atoms with van der Waals surface area (Å²) in [4.78, 5) is 11.5. The third kappa shape index (κ3) is 5.31. The third-order valence-electron chi connectivity index (χ3n) is 3.07. The maximum atomic E-state index is 11.5. The summed E-state index contributed by atoms with van der Waals surface area (Å²) in [7, 11) is 0. The van der Waals surface area contributed by atoms with E-state index >= 15 is 0 Å². The Kier molecular flexibility index (Phi) is 6.16. The van der Waals surface area contributed by atoms with Crippen LogP contribution in [-0.2, 0) is 4.79 Å². The van der Waals surface area contributed by atoms with Crippen LogP contribution < -0.4 is 5.32 Å². The summed E-state index contributed by atoms with van der Waals surface area (Å²) in [5.41, 5.74) is 0. The van der Waals surface area contributed by atoms with Crippen molar-refractivity contribution < 1.29 is 9.90 Å². The van der Waals surface area contributed by atoms with Crippen LogP contribution in [0.4, 0.5) is 0 Å². The van der Waals surface area contributed by atoms with E-state index in [9.17, 15) is 4.79 Å². The number of allylic oxidation sites excluding steroid dienone is 2. The minimum Gasteiger partial charge on any atom is -0.396 e. The predicted molar refractivity (Wildman–Crippen MR) is 65.0 cm³/mol. The van der Waals surface area contributed by atoms with Crippen molar-refractivity contribution in [2.75, 3.05) is 13.2 Å². The van der Waals surface area contributed by atoms with Crippen LogP contribution in [0, 0.1) is 11.8 Å². The number of nitrogens with one attached hydrogen (secondary N) is 1. The fraction of sp³-hybridized carbons (Fsp3) is 0.769. The number of hydrogen-bond donors (Lipinski definition) is 2.